The van der Waals surface area contributed by atoms with Gasteiger partial charge in [0.1, 0.15) is 11.5 Å². The molecule has 5 heteroatoms. The molecular formula is C19H22N2O3. The molecule has 5 nitrogen and oxygen atoms in total. The monoisotopic (exact) mass is 326 g/mol. The summed E-state index contributed by atoms with van der Waals surface area (Å²) in [6.07, 6.45) is 0. The summed E-state index contributed by atoms with van der Waals surface area (Å²) < 4.78 is 10.8. The molecule has 2 aromatic rings. The number of benzene rings is 2. The van der Waals surface area contributed by atoms with Crippen molar-refractivity contribution >= 4 is 11.6 Å². The number of rotatable bonds is 4. The number of hydrogen-bond acceptors (Lipinski definition) is 4. The lowest BCUT2D eigenvalue weighted by Gasteiger charge is -2.36. The van der Waals surface area contributed by atoms with Crippen molar-refractivity contribution in [3.8, 4) is 11.5 Å². The van der Waals surface area contributed by atoms with Gasteiger partial charge in [-0.25, -0.2) is 0 Å². The Morgan fingerprint density at radius 3 is 2.25 bits per heavy atom. The van der Waals surface area contributed by atoms with Gasteiger partial charge in [0.15, 0.2) is 0 Å². The van der Waals surface area contributed by atoms with E-state index in [1.54, 1.807) is 14.2 Å². The van der Waals surface area contributed by atoms with Crippen LogP contribution in [0.3, 0.4) is 0 Å². The molecule has 0 bridgehead atoms. The average Bonchev–Trinajstić information content (AvgIpc) is 2.67. The lowest BCUT2D eigenvalue weighted by molar-refractivity contribution is 0.0746. The van der Waals surface area contributed by atoms with Gasteiger partial charge in [0.05, 0.1) is 19.9 Å². The van der Waals surface area contributed by atoms with Crippen LogP contribution in [-0.2, 0) is 0 Å². The summed E-state index contributed by atoms with van der Waals surface area (Å²) in [5.41, 5.74) is 1.74. The van der Waals surface area contributed by atoms with E-state index in [9.17, 15) is 4.79 Å². The molecule has 126 valence electrons. The number of carbonyl (C=O) groups excluding carboxylic acids is 1. The lowest BCUT2D eigenvalue weighted by atomic mass is 10.1. The van der Waals surface area contributed by atoms with E-state index in [4.69, 9.17) is 9.47 Å². The number of nitrogens with zero attached hydrogens (tertiary/aromatic N) is 2. The molecule has 24 heavy (non-hydrogen) atoms. The first-order valence-corrected chi connectivity index (χ1v) is 8.04. The highest BCUT2D eigenvalue weighted by Crippen LogP contribution is 2.32. The fraction of sp³-hybridized carbons (Fsp3) is 0.316. The molecular weight excluding hydrogens is 304 g/mol. The second-order valence-corrected chi connectivity index (χ2v) is 5.68. The van der Waals surface area contributed by atoms with Crippen molar-refractivity contribution in [1.29, 1.82) is 0 Å². The van der Waals surface area contributed by atoms with E-state index in [1.807, 2.05) is 53.4 Å². The second kappa shape index (κ2) is 7.25. The molecule has 0 unspecified atom stereocenters. The first kappa shape index (κ1) is 16.2. The first-order chi connectivity index (χ1) is 11.7. The largest absolute Gasteiger partial charge is 0.497 e. The Kier molecular flexibility index (Phi) is 4.89. The number of carbonyl (C=O) groups is 1. The third kappa shape index (κ3) is 3.30. The van der Waals surface area contributed by atoms with E-state index in [-0.39, 0.29) is 5.91 Å². The van der Waals surface area contributed by atoms with Crippen molar-refractivity contribution in [1.82, 2.24) is 4.90 Å². The number of ether oxygens (including phenoxy) is 2. The molecule has 1 saturated heterocycles. The third-order valence-corrected chi connectivity index (χ3v) is 4.31. The number of hydrogen-bond donors (Lipinski definition) is 0. The third-order valence-electron chi connectivity index (χ3n) is 4.31. The summed E-state index contributed by atoms with van der Waals surface area (Å²) in [5, 5.41) is 0. The van der Waals surface area contributed by atoms with Gasteiger partial charge in [-0.05, 0) is 24.3 Å². The minimum atomic E-state index is 0.0906. The summed E-state index contributed by atoms with van der Waals surface area (Å²) >= 11 is 0. The van der Waals surface area contributed by atoms with Gasteiger partial charge in [0.25, 0.3) is 5.91 Å². The highest BCUT2D eigenvalue weighted by Gasteiger charge is 2.24. The molecule has 0 atom stereocenters. The number of amides is 1. The summed E-state index contributed by atoms with van der Waals surface area (Å²) in [6, 6.07) is 15.2. The van der Waals surface area contributed by atoms with Crippen LogP contribution in [0, 0.1) is 0 Å². The Balaban J connectivity index is 1.70. The smallest absolute Gasteiger partial charge is 0.253 e. The van der Waals surface area contributed by atoms with Gasteiger partial charge in [0, 0.05) is 37.8 Å². The van der Waals surface area contributed by atoms with Crippen molar-refractivity contribution in [2.24, 2.45) is 0 Å². The van der Waals surface area contributed by atoms with E-state index in [0.717, 1.165) is 35.8 Å². The van der Waals surface area contributed by atoms with E-state index in [0.29, 0.717) is 13.1 Å². The Bertz CT molecular complexity index is 695. The second-order valence-electron chi connectivity index (χ2n) is 5.68. The topological polar surface area (TPSA) is 42.0 Å². The van der Waals surface area contributed by atoms with Crippen LogP contribution in [0.5, 0.6) is 11.5 Å². The fourth-order valence-electron chi connectivity index (χ4n) is 2.96. The predicted octanol–water partition coefficient (Wildman–Crippen LogP) is 2.67. The standard InChI is InChI=1S/C19H22N2O3/c1-23-16-8-9-18(24-2)17(14-16)20-10-12-21(13-11-20)19(22)15-6-4-3-5-7-15/h3-9,14H,10-13H2,1-2H3. The molecule has 1 fully saturated rings. The molecule has 1 amide bonds. The van der Waals surface area contributed by atoms with Crippen molar-refractivity contribution < 1.29 is 14.3 Å². The summed E-state index contributed by atoms with van der Waals surface area (Å²) in [6.45, 7) is 2.91. The zero-order chi connectivity index (χ0) is 16.9. The van der Waals surface area contributed by atoms with Crippen molar-refractivity contribution in [3.05, 3.63) is 54.1 Å². The molecule has 2 aromatic carbocycles. The number of methoxy groups -OCH3 is 2. The van der Waals surface area contributed by atoms with E-state index in [1.165, 1.54) is 0 Å². The summed E-state index contributed by atoms with van der Waals surface area (Å²) in [5.74, 6) is 1.71. The maximum absolute atomic E-state index is 12.5. The van der Waals surface area contributed by atoms with Crippen LogP contribution in [0.2, 0.25) is 0 Å². The van der Waals surface area contributed by atoms with Crippen molar-refractivity contribution in [3.63, 3.8) is 0 Å². The van der Waals surface area contributed by atoms with Gasteiger partial charge >= 0.3 is 0 Å². The quantitative estimate of drug-likeness (QED) is 0.866. The Labute approximate surface area is 142 Å². The van der Waals surface area contributed by atoms with Crippen molar-refractivity contribution in [2.45, 2.75) is 0 Å². The highest BCUT2D eigenvalue weighted by atomic mass is 16.5. The Hall–Kier alpha value is -2.69. The molecule has 1 aliphatic rings. The first-order valence-electron chi connectivity index (χ1n) is 8.04. The van der Waals surface area contributed by atoms with Gasteiger partial charge < -0.3 is 19.3 Å². The normalized spacial score (nSPS) is 14.4. The van der Waals surface area contributed by atoms with Crippen LogP contribution in [0.1, 0.15) is 10.4 Å². The lowest BCUT2D eigenvalue weighted by Crippen LogP contribution is -2.48. The molecule has 0 saturated carbocycles. The van der Waals surface area contributed by atoms with Crippen LogP contribution >= 0.6 is 0 Å². The molecule has 3 rings (SSSR count). The van der Waals surface area contributed by atoms with Gasteiger partial charge in [0.2, 0.25) is 0 Å². The fourth-order valence-corrected chi connectivity index (χ4v) is 2.96. The molecule has 0 spiro atoms. The minimum Gasteiger partial charge on any atom is -0.497 e. The van der Waals surface area contributed by atoms with Crippen molar-refractivity contribution in [2.75, 3.05) is 45.3 Å². The molecule has 1 heterocycles. The van der Waals surface area contributed by atoms with E-state index < -0.39 is 0 Å². The molecule has 1 aliphatic heterocycles. The average molecular weight is 326 g/mol. The molecule has 0 aliphatic carbocycles. The minimum absolute atomic E-state index is 0.0906. The maximum atomic E-state index is 12.5. The molecule has 0 aromatic heterocycles. The Morgan fingerprint density at radius 2 is 1.62 bits per heavy atom. The van der Waals surface area contributed by atoms with Gasteiger partial charge in [-0.15, -0.1) is 0 Å². The van der Waals surface area contributed by atoms with Gasteiger partial charge in [-0.1, -0.05) is 18.2 Å². The predicted molar refractivity (Wildman–Crippen MR) is 94.1 cm³/mol. The highest BCUT2D eigenvalue weighted by molar-refractivity contribution is 5.94. The SMILES string of the molecule is COc1ccc(OC)c(N2CCN(C(=O)c3ccccc3)CC2)c1. The van der Waals surface area contributed by atoms with Crippen LogP contribution < -0.4 is 14.4 Å². The van der Waals surface area contributed by atoms with Crippen LogP contribution in [0.15, 0.2) is 48.5 Å². The zero-order valence-corrected chi connectivity index (χ0v) is 14.1. The van der Waals surface area contributed by atoms with E-state index >= 15 is 0 Å². The Morgan fingerprint density at radius 1 is 0.917 bits per heavy atom. The van der Waals surface area contributed by atoms with Gasteiger partial charge in [-0.3, -0.25) is 4.79 Å². The summed E-state index contributed by atoms with van der Waals surface area (Å²) in [7, 11) is 3.32. The molecule has 0 radical (unpaired) electrons. The number of piperazine rings is 1. The maximum Gasteiger partial charge on any atom is 0.253 e. The van der Waals surface area contributed by atoms with Crippen LogP contribution in [0.4, 0.5) is 5.69 Å². The molecule has 0 N–H and O–H groups in total. The summed E-state index contributed by atoms with van der Waals surface area (Å²) in [4.78, 5) is 16.7. The number of anilines is 1. The zero-order valence-electron chi connectivity index (χ0n) is 14.1. The van der Waals surface area contributed by atoms with Crippen LogP contribution in [0.25, 0.3) is 0 Å². The van der Waals surface area contributed by atoms with Gasteiger partial charge in [-0.2, -0.15) is 0 Å². The van der Waals surface area contributed by atoms with Crippen LogP contribution in [-0.4, -0.2) is 51.2 Å². The van der Waals surface area contributed by atoms with E-state index in [2.05, 4.69) is 4.90 Å².